The number of carboxylic acid groups (broad SMARTS) is 1. The quantitative estimate of drug-likeness (QED) is 0.318. The number of nitriles is 1. The van der Waals surface area contributed by atoms with Gasteiger partial charge in [-0.25, -0.2) is 9.69 Å². The summed E-state index contributed by atoms with van der Waals surface area (Å²) in [5, 5.41) is 20.4. The number of hydrogen-bond acceptors (Lipinski definition) is 6. The number of carbonyl (C=O) groups is 3. The first-order valence-corrected chi connectivity index (χ1v) is 9.96. The highest BCUT2D eigenvalue weighted by molar-refractivity contribution is 14.1. The van der Waals surface area contributed by atoms with Crippen molar-refractivity contribution >= 4 is 46.6 Å². The van der Waals surface area contributed by atoms with Crippen LogP contribution in [-0.2, 0) is 16.2 Å². The molecule has 9 nitrogen and oxygen atoms in total. The zero-order valence-electron chi connectivity index (χ0n) is 16.2. The summed E-state index contributed by atoms with van der Waals surface area (Å²) in [5.74, 6) is -1.16. The summed E-state index contributed by atoms with van der Waals surface area (Å²) in [7, 11) is 1.47. The van der Waals surface area contributed by atoms with Crippen molar-refractivity contribution in [1.82, 2.24) is 10.2 Å². The lowest BCUT2D eigenvalue weighted by Gasteiger charge is -2.14. The minimum Gasteiger partial charge on any atom is -0.493 e. The first-order valence-electron chi connectivity index (χ1n) is 8.88. The number of ether oxygens (including phenoxy) is 2. The monoisotopic (exact) mass is 533 g/mol. The number of carboxylic acids is 1. The fourth-order valence-corrected chi connectivity index (χ4v) is 3.67. The number of nitrogens with zero attached hydrogens (tertiary/aromatic N) is 2. The molecule has 31 heavy (non-hydrogen) atoms. The van der Waals surface area contributed by atoms with Crippen LogP contribution in [0.3, 0.4) is 0 Å². The summed E-state index contributed by atoms with van der Waals surface area (Å²) in [5.41, 5.74) is 1.75. The normalized spacial score (nSPS) is 14.4. The topological polar surface area (TPSA) is 129 Å². The Balaban J connectivity index is 1.85. The molecular weight excluding hydrogens is 517 g/mol. The van der Waals surface area contributed by atoms with Crippen molar-refractivity contribution in [3.63, 3.8) is 0 Å². The number of methoxy groups -OCH3 is 1. The number of nitrogens with one attached hydrogen (secondary N) is 1. The number of imide groups is 1. The van der Waals surface area contributed by atoms with E-state index in [1.165, 1.54) is 13.2 Å². The van der Waals surface area contributed by atoms with Crippen molar-refractivity contribution in [3.8, 4) is 17.6 Å². The minimum absolute atomic E-state index is 0.0410. The zero-order valence-corrected chi connectivity index (χ0v) is 18.4. The van der Waals surface area contributed by atoms with Gasteiger partial charge in [-0.15, -0.1) is 0 Å². The molecule has 0 aliphatic carbocycles. The molecule has 2 N–H and O–H groups in total. The Morgan fingerprint density at radius 3 is 2.74 bits per heavy atom. The summed E-state index contributed by atoms with van der Waals surface area (Å²) in [6.45, 7) is -0.560. The Morgan fingerprint density at radius 1 is 1.32 bits per heavy atom. The summed E-state index contributed by atoms with van der Waals surface area (Å²) in [6.07, 6.45) is 1.43. The minimum atomic E-state index is -1.29. The molecule has 0 radical (unpaired) electrons. The van der Waals surface area contributed by atoms with Gasteiger partial charge in [-0.1, -0.05) is 18.2 Å². The number of rotatable bonds is 7. The van der Waals surface area contributed by atoms with Crippen molar-refractivity contribution in [2.75, 3.05) is 13.7 Å². The molecule has 1 fully saturated rings. The number of carbonyl (C=O) groups excluding carboxylic acids is 2. The number of amides is 3. The lowest BCUT2D eigenvalue weighted by Crippen LogP contribution is -2.35. The number of hydrogen-bond donors (Lipinski definition) is 2. The molecule has 1 aliphatic rings. The molecule has 158 valence electrons. The van der Waals surface area contributed by atoms with Crippen LogP contribution in [0.5, 0.6) is 11.5 Å². The van der Waals surface area contributed by atoms with E-state index in [1.54, 1.807) is 30.3 Å². The maximum absolute atomic E-state index is 12.3. The molecule has 1 aliphatic heterocycles. The lowest BCUT2D eigenvalue weighted by atomic mass is 10.1. The van der Waals surface area contributed by atoms with Gasteiger partial charge in [-0.05, 0) is 52.4 Å². The summed E-state index contributed by atoms with van der Waals surface area (Å²) >= 11 is 2.05. The van der Waals surface area contributed by atoms with E-state index >= 15 is 0 Å². The van der Waals surface area contributed by atoms with E-state index in [-0.39, 0.29) is 12.3 Å². The largest absolute Gasteiger partial charge is 0.493 e. The van der Waals surface area contributed by atoms with Gasteiger partial charge in [0.15, 0.2) is 11.5 Å². The van der Waals surface area contributed by atoms with Crippen LogP contribution < -0.4 is 14.8 Å². The molecule has 3 amide bonds. The van der Waals surface area contributed by atoms with Gasteiger partial charge in [0.05, 0.1) is 22.3 Å². The smallest absolute Gasteiger partial charge is 0.329 e. The number of urea groups is 1. The molecule has 0 aromatic heterocycles. The van der Waals surface area contributed by atoms with Crippen LogP contribution in [0.25, 0.3) is 6.08 Å². The molecule has 0 bridgehead atoms. The van der Waals surface area contributed by atoms with Crippen LogP contribution in [0, 0.1) is 14.9 Å². The Hall–Kier alpha value is -3.59. The highest BCUT2D eigenvalue weighted by Gasteiger charge is 2.34. The molecule has 2 aromatic carbocycles. The molecule has 0 saturated carbocycles. The molecule has 3 rings (SSSR count). The first-order chi connectivity index (χ1) is 14.8. The van der Waals surface area contributed by atoms with E-state index in [0.717, 1.165) is 5.56 Å². The Morgan fingerprint density at radius 2 is 2.06 bits per heavy atom. The van der Waals surface area contributed by atoms with Crippen molar-refractivity contribution in [1.29, 1.82) is 5.26 Å². The van der Waals surface area contributed by atoms with Gasteiger partial charge < -0.3 is 19.9 Å². The molecule has 10 heteroatoms. The van der Waals surface area contributed by atoms with Gasteiger partial charge in [0.25, 0.3) is 5.91 Å². The third kappa shape index (κ3) is 4.95. The molecular formula is C21H16IN3O6. The van der Waals surface area contributed by atoms with Gasteiger partial charge in [0, 0.05) is 5.56 Å². The molecule has 1 heterocycles. The zero-order chi connectivity index (χ0) is 22.5. The van der Waals surface area contributed by atoms with E-state index in [4.69, 9.17) is 14.6 Å². The van der Waals surface area contributed by atoms with Crippen molar-refractivity contribution in [2.45, 2.75) is 6.61 Å². The Bertz CT molecular complexity index is 1140. The van der Waals surface area contributed by atoms with Crippen LogP contribution >= 0.6 is 22.6 Å². The standard InChI is InChI=1S/C21H16IN3O6/c1-30-17-8-12(7-16-20(28)25(10-18(26)27)21(29)24-16)6-15(22)19(17)31-11-14-5-3-2-4-13(14)9-23/h2-8H,10-11H2,1H3,(H,24,29)(H,26,27)/b16-7+. The maximum atomic E-state index is 12.3. The average molecular weight is 533 g/mol. The Labute approximate surface area is 191 Å². The van der Waals surface area contributed by atoms with Gasteiger partial charge in [-0.2, -0.15) is 5.26 Å². The summed E-state index contributed by atoms with van der Waals surface area (Å²) in [6, 6.07) is 11.8. The van der Waals surface area contributed by atoms with Crippen molar-refractivity contribution in [3.05, 3.63) is 62.4 Å². The van der Waals surface area contributed by atoms with E-state index in [2.05, 4.69) is 34.0 Å². The number of halogens is 1. The summed E-state index contributed by atoms with van der Waals surface area (Å²) in [4.78, 5) is 35.6. The highest BCUT2D eigenvalue weighted by Crippen LogP contribution is 2.35. The summed E-state index contributed by atoms with van der Waals surface area (Å²) < 4.78 is 12.0. The highest BCUT2D eigenvalue weighted by atomic mass is 127. The second-order valence-corrected chi connectivity index (χ2v) is 7.53. The fourth-order valence-electron chi connectivity index (χ4n) is 2.89. The lowest BCUT2D eigenvalue weighted by molar-refractivity contribution is -0.140. The maximum Gasteiger partial charge on any atom is 0.329 e. The van der Waals surface area contributed by atoms with Crippen LogP contribution in [0.4, 0.5) is 4.79 Å². The Kier molecular flexibility index (Phi) is 6.76. The molecule has 0 unspecified atom stereocenters. The van der Waals surface area contributed by atoms with E-state index in [1.807, 2.05) is 6.07 Å². The third-order valence-electron chi connectivity index (χ3n) is 4.33. The molecule has 0 atom stereocenters. The second kappa shape index (κ2) is 9.48. The number of benzene rings is 2. The van der Waals surface area contributed by atoms with Crippen molar-refractivity contribution in [2.24, 2.45) is 0 Å². The number of aliphatic carboxylic acids is 1. The van der Waals surface area contributed by atoms with Gasteiger partial charge >= 0.3 is 12.0 Å². The molecule has 0 spiro atoms. The van der Waals surface area contributed by atoms with Crippen molar-refractivity contribution < 1.29 is 29.0 Å². The van der Waals surface area contributed by atoms with E-state index in [9.17, 15) is 19.6 Å². The predicted molar refractivity (Wildman–Crippen MR) is 117 cm³/mol. The third-order valence-corrected chi connectivity index (χ3v) is 5.13. The second-order valence-electron chi connectivity index (χ2n) is 6.36. The predicted octanol–water partition coefficient (Wildman–Crippen LogP) is 2.73. The molecule has 1 saturated heterocycles. The molecule has 2 aromatic rings. The van der Waals surface area contributed by atoms with E-state index in [0.29, 0.717) is 31.1 Å². The van der Waals surface area contributed by atoms with Gasteiger partial charge in [0.2, 0.25) is 0 Å². The van der Waals surface area contributed by atoms with Gasteiger partial charge in [-0.3, -0.25) is 9.59 Å². The average Bonchev–Trinajstić information content (AvgIpc) is 2.99. The SMILES string of the molecule is COc1cc(/C=C2/NC(=O)N(CC(=O)O)C2=O)cc(I)c1OCc1ccccc1C#N. The van der Waals surface area contributed by atoms with Crippen LogP contribution in [0.1, 0.15) is 16.7 Å². The van der Waals surface area contributed by atoms with E-state index < -0.39 is 24.5 Å². The van der Waals surface area contributed by atoms with Crippen LogP contribution in [0.15, 0.2) is 42.1 Å². The fraction of sp³-hybridized carbons (Fsp3) is 0.143. The first kappa shape index (κ1) is 22.1. The van der Waals surface area contributed by atoms with Crippen LogP contribution in [-0.4, -0.2) is 41.6 Å². The van der Waals surface area contributed by atoms with Crippen LogP contribution in [0.2, 0.25) is 0 Å². The van der Waals surface area contributed by atoms with Gasteiger partial charge in [0.1, 0.15) is 18.8 Å².